The van der Waals surface area contributed by atoms with Crippen molar-refractivity contribution < 1.29 is 17.9 Å². The zero-order chi connectivity index (χ0) is 12.8. The second-order valence-electron chi connectivity index (χ2n) is 3.59. The van der Waals surface area contributed by atoms with Gasteiger partial charge in [-0.05, 0) is 23.6 Å². The number of fused-ring (bicyclic) bond motifs is 1. The van der Waals surface area contributed by atoms with Crippen molar-refractivity contribution in [1.82, 2.24) is 0 Å². The van der Waals surface area contributed by atoms with Gasteiger partial charge in [0, 0.05) is 21.1 Å². The van der Waals surface area contributed by atoms with E-state index in [1.807, 2.05) is 17.5 Å². The highest BCUT2D eigenvalue weighted by atomic mass is 35.7. The van der Waals surface area contributed by atoms with Crippen molar-refractivity contribution in [3.05, 3.63) is 29.6 Å². The van der Waals surface area contributed by atoms with Crippen LogP contribution in [-0.4, -0.2) is 15.2 Å². The zero-order valence-electron chi connectivity index (χ0n) is 8.92. The van der Waals surface area contributed by atoms with E-state index in [9.17, 15) is 8.42 Å². The molecule has 0 radical (unpaired) electrons. The summed E-state index contributed by atoms with van der Waals surface area (Å²) >= 11 is 1.43. The number of rotatable bonds is 2. The van der Waals surface area contributed by atoms with Crippen LogP contribution in [0.3, 0.4) is 0 Å². The van der Waals surface area contributed by atoms with Crippen molar-refractivity contribution in [3.63, 3.8) is 0 Å². The minimum Gasteiger partial charge on any atom is -0.454 e. The van der Waals surface area contributed by atoms with E-state index in [-0.39, 0.29) is 17.4 Å². The Bertz CT molecular complexity index is 692. The largest absolute Gasteiger partial charge is 0.454 e. The van der Waals surface area contributed by atoms with Crippen LogP contribution in [0.25, 0.3) is 10.4 Å². The molecule has 0 fully saturated rings. The Hall–Kier alpha value is -1.24. The molecule has 0 unspecified atom stereocenters. The third kappa shape index (κ3) is 1.86. The van der Waals surface area contributed by atoms with Gasteiger partial charge in [0.2, 0.25) is 6.79 Å². The van der Waals surface area contributed by atoms with E-state index in [4.69, 9.17) is 20.2 Å². The van der Waals surface area contributed by atoms with Crippen LogP contribution in [0.5, 0.6) is 11.5 Å². The first kappa shape index (κ1) is 11.8. The SMILES string of the molecule is O=S(=O)(Cl)c1c(-c2cccs2)ccc2c1OCO2. The third-order valence-corrected chi connectivity index (χ3v) is 4.78. The lowest BCUT2D eigenvalue weighted by molar-refractivity contribution is 0.172. The molecule has 1 aromatic carbocycles. The van der Waals surface area contributed by atoms with Crippen molar-refractivity contribution in [2.75, 3.05) is 6.79 Å². The molecule has 0 aliphatic carbocycles. The molecule has 0 spiro atoms. The molecule has 94 valence electrons. The van der Waals surface area contributed by atoms with E-state index >= 15 is 0 Å². The molecular formula is C11H7ClO4S2. The predicted molar refractivity (Wildman–Crippen MR) is 68.9 cm³/mol. The number of ether oxygens (including phenoxy) is 2. The minimum absolute atomic E-state index is 0.00262. The minimum atomic E-state index is -3.91. The molecule has 2 aromatic rings. The predicted octanol–water partition coefficient (Wildman–Crippen LogP) is 3.07. The summed E-state index contributed by atoms with van der Waals surface area (Å²) in [5.41, 5.74) is 0.532. The Morgan fingerprint density at radius 3 is 2.72 bits per heavy atom. The molecule has 0 bridgehead atoms. The Labute approximate surface area is 112 Å². The Kier molecular flexibility index (Phi) is 2.73. The normalized spacial score (nSPS) is 13.8. The summed E-state index contributed by atoms with van der Waals surface area (Å²) in [5.74, 6) is 0.588. The number of hydrogen-bond donors (Lipinski definition) is 0. The maximum absolute atomic E-state index is 11.7. The molecule has 4 nitrogen and oxygen atoms in total. The maximum Gasteiger partial charge on any atom is 0.265 e. The highest BCUT2D eigenvalue weighted by molar-refractivity contribution is 8.14. The standard InChI is InChI=1S/C11H7ClO4S2/c12-18(13,14)11-7(9-2-1-5-17-9)3-4-8-10(11)16-6-15-8/h1-5H,6H2. The Morgan fingerprint density at radius 1 is 1.22 bits per heavy atom. The number of thiophene rings is 1. The fourth-order valence-corrected chi connectivity index (χ4v) is 3.92. The van der Waals surface area contributed by atoms with Crippen LogP contribution in [-0.2, 0) is 9.05 Å². The van der Waals surface area contributed by atoms with Crippen LogP contribution in [0.4, 0.5) is 0 Å². The monoisotopic (exact) mass is 302 g/mol. The van der Waals surface area contributed by atoms with Crippen molar-refractivity contribution in [2.45, 2.75) is 4.90 Å². The highest BCUT2D eigenvalue weighted by Crippen LogP contribution is 2.45. The van der Waals surface area contributed by atoms with Crippen LogP contribution in [0.2, 0.25) is 0 Å². The van der Waals surface area contributed by atoms with Crippen LogP contribution >= 0.6 is 22.0 Å². The first-order valence-electron chi connectivity index (χ1n) is 4.98. The molecule has 3 rings (SSSR count). The van der Waals surface area contributed by atoms with E-state index in [2.05, 4.69) is 0 Å². The van der Waals surface area contributed by atoms with Gasteiger partial charge in [-0.2, -0.15) is 0 Å². The van der Waals surface area contributed by atoms with E-state index < -0.39 is 9.05 Å². The molecule has 0 N–H and O–H groups in total. The third-order valence-electron chi connectivity index (χ3n) is 2.52. The van der Waals surface area contributed by atoms with Gasteiger partial charge in [-0.3, -0.25) is 0 Å². The molecular weight excluding hydrogens is 296 g/mol. The van der Waals surface area contributed by atoms with Gasteiger partial charge in [0.1, 0.15) is 4.90 Å². The fraction of sp³-hybridized carbons (Fsp3) is 0.0909. The first-order chi connectivity index (χ1) is 8.57. The zero-order valence-corrected chi connectivity index (χ0v) is 11.3. The van der Waals surface area contributed by atoms with Gasteiger partial charge in [0.25, 0.3) is 9.05 Å². The second kappa shape index (κ2) is 4.15. The summed E-state index contributed by atoms with van der Waals surface area (Å²) in [6, 6.07) is 7.03. The van der Waals surface area contributed by atoms with Gasteiger partial charge in [-0.25, -0.2) is 8.42 Å². The van der Waals surface area contributed by atoms with E-state index in [0.29, 0.717) is 11.3 Å². The lowest BCUT2D eigenvalue weighted by atomic mass is 10.1. The number of benzene rings is 1. The second-order valence-corrected chi connectivity index (χ2v) is 7.04. The quantitative estimate of drug-likeness (QED) is 0.800. The topological polar surface area (TPSA) is 52.6 Å². The van der Waals surface area contributed by atoms with Gasteiger partial charge in [0.05, 0.1) is 0 Å². The van der Waals surface area contributed by atoms with Gasteiger partial charge >= 0.3 is 0 Å². The molecule has 2 heterocycles. The van der Waals surface area contributed by atoms with Gasteiger partial charge in [-0.15, -0.1) is 11.3 Å². The smallest absolute Gasteiger partial charge is 0.265 e. The van der Waals surface area contributed by atoms with Crippen molar-refractivity contribution in [1.29, 1.82) is 0 Å². The van der Waals surface area contributed by atoms with Crippen molar-refractivity contribution >= 4 is 31.1 Å². The fourth-order valence-electron chi connectivity index (χ4n) is 1.81. The van der Waals surface area contributed by atoms with E-state index in [1.54, 1.807) is 12.1 Å². The Morgan fingerprint density at radius 2 is 2.06 bits per heavy atom. The molecule has 1 aliphatic rings. The average Bonchev–Trinajstić information content (AvgIpc) is 2.97. The van der Waals surface area contributed by atoms with Crippen molar-refractivity contribution in [3.8, 4) is 21.9 Å². The van der Waals surface area contributed by atoms with Gasteiger partial charge in [-0.1, -0.05) is 6.07 Å². The number of halogens is 1. The Balaban J connectivity index is 2.34. The molecule has 18 heavy (non-hydrogen) atoms. The molecule has 0 atom stereocenters. The van der Waals surface area contributed by atoms with E-state index in [0.717, 1.165) is 4.88 Å². The summed E-state index contributed by atoms with van der Waals surface area (Å²) in [5, 5.41) is 1.87. The molecule has 1 aromatic heterocycles. The lowest BCUT2D eigenvalue weighted by Crippen LogP contribution is -1.98. The molecule has 0 saturated heterocycles. The van der Waals surface area contributed by atoms with Gasteiger partial charge in [0.15, 0.2) is 11.5 Å². The molecule has 1 aliphatic heterocycles. The van der Waals surface area contributed by atoms with Crippen molar-refractivity contribution in [2.24, 2.45) is 0 Å². The molecule has 0 saturated carbocycles. The summed E-state index contributed by atoms with van der Waals surface area (Å²) in [7, 11) is 1.59. The highest BCUT2D eigenvalue weighted by Gasteiger charge is 2.29. The molecule has 7 heteroatoms. The maximum atomic E-state index is 11.7. The van der Waals surface area contributed by atoms with Gasteiger partial charge < -0.3 is 9.47 Å². The van der Waals surface area contributed by atoms with Crippen LogP contribution in [0.1, 0.15) is 0 Å². The summed E-state index contributed by atoms with van der Waals surface area (Å²) in [4.78, 5) is 0.786. The lowest BCUT2D eigenvalue weighted by Gasteiger charge is -2.08. The van der Waals surface area contributed by atoms with Crippen LogP contribution < -0.4 is 9.47 Å². The van der Waals surface area contributed by atoms with Crippen LogP contribution in [0.15, 0.2) is 34.5 Å². The van der Waals surface area contributed by atoms with E-state index in [1.165, 1.54) is 11.3 Å². The summed E-state index contributed by atoms with van der Waals surface area (Å²) < 4.78 is 33.9. The molecule has 0 amide bonds. The summed E-state index contributed by atoms with van der Waals surface area (Å²) in [6.45, 7) is 0.00262. The number of hydrogen-bond acceptors (Lipinski definition) is 5. The first-order valence-corrected chi connectivity index (χ1v) is 8.17. The van der Waals surface area contributed by atoms with Crippen LogP contribution in [0, 0.1) is 0 Å². The average molecular weight is 303 g/mol. The summed E-state index contributed by atoms with van der Waals surface area (Å²) in [6.07, 6.45) is 0.